The summed E-state index contributed by atoms with van der Waals surface area (Å²) in [6.45, 7) is 1.60. The fourth-order valence-corrected chi connectivity index (χ4v) is 3.03. The lowest BCUT2D eigenvalue weighted by Gasteiger charge is -2.20. The number of amides is 2. The lowest BCUT2D eigenvalue weighted by molar-refractivity contribution is -0.822. The molecule has 198 valence electrons. The Morgan fingerprint density at radius 1 is 0.973 bits per heavy atom. The molecule has 2 amide bonds. The normalized spacial score (nSPS) is 12.5. The summed E-state index contributed by atoms with van der Waals surface area (Å²) in [5, 5.41) is 13.0. The molecule has 2 unspecified atom stereocenters. The van der Waals surface area contributed by atoms with Gasteiger partial charge >= 0.3 is 17.1 Å². The third-order valence-corrected chi connectivity index (χ3v) is 4.90. The highest BCUT2D eigenvalue weighted by Gasteiger charge is 2.25. The number of carbonyl (C=O) groups excluding carboxylic acids is 3. The first-order valence-electron chi connectivity index (χ1n) is 11.5. The highest BCUT2D eigenvalue weighted by molar-refractivity contribution is 5.89. The minimum atomic E-state index is -1.06. The number of nitrogens with zero attached hydrogens (tertiary/aromatic N) is 2. The van der Waals surface area contributed by atoms with Crippen LogP contribution in [-0.2, 0) is 32.3 Å². The standard InChI is InChI=1S/C24H30N6O7/c1-17(22(32)36-15-18-9-4-2-5-10-18)27-21(31)20(13-8-14-26-23(25)29-30(34)35)28-24(33)37-16-19-11-6-3-7-12-19/h2-7,9-12,17,20H,8,13-16H2,1H3,(H5-,25,26,27,28,29,31,33,34,35)/p+1. The van der Waals surface area contributed by atoms with Crippen molar-refractivity contribution in [3.05, 3.63) is 76.7 Å². The van der Waals surface area contributed by atoms with Gasteiger partial charge in [0.2, 0.25) is 5.91 Å². The second kappa shape index (κ2) is 15.3. The van der Waals surface area contributed by atoms with Gasteiger partial charge < -0.3 is 25.8 Å². The number of ether oxygens (including phenoxy) is 2. The van der Waals surface area contributed by atoms with Gasteiger partial charge in [-0.15, -0.1) is 0 Å². The zero-order valence-corrected chi connectivity index (χ0v) is 20.3. The van der Waals surface area contributed by atoms with Gasteiger partial charge in [-0.1, -0.05) is 60.7 Å². The molecule has 0 bridgehead atoms. The number of aliphatic imine (C=N–C) groups is 1. The maximum Gasteiger partial charge on any atom is 0.408 e. The molecule has 0 spiro atoms. The van der Waals surface area contributed by atoms with Crippen LogP contribution in [0.25, 0.3) is 0 Å². The summed E-state index contributed by atoms with van der Waals surface area (Å²) in [6, 6.07) is 16.0. The third-order valence-electron chi connectivity index (χ3n) is 4.90. The second-order valence-corrected chi connectivity index (χ2v) is 7.88. The van der Waals surface area contributed by atoms with E-state index in [2.05, 4.69) is 15.6 Å². The van der Waals surface area contributed by atoms with Gasteiger partial charge in [-0.05, 0) is 36.3 Å². The molecule has 37 heavy (non-hydrogen) atoms. The number of nitrogens with two attached hydrogens (primary N) is 1. The maximum absolute atomic E-state index is 12.9. The first kappa shape index (κ1) is 28.6. The molecule has 0 aromatic heterocycles. The minimum absolute atomic E-state index is 0.00256. The molecule has 0 heterocycles. The van der Waals surface area contributed by atoms with E-state index in [4.69, 9.17) is 20.4 Å². The molecule has 0 fully saturated rings. The number of hydrogen-bond donors (Lipinski definition) is 5. The Kier molecular flexibility index (Phi) is 11.8. The predicted molar refractivity (Wildman–Crippen MR) is 132 cm³/mol. The van der Waals surface area contributed by atoms with Gasteiger partial charge in [0.25, 0.3) is 5.96 Å². The van der Waals surface area contributed by atoms with Crippen molar-refractivity contribution in [2.24, 2.45) is 10.7 Å². The first-order chi connectivity index (χ1) is 17.7. The Balaban J connectivity index is 1.93. The van der Waals surface area contributed by atoms with E-state index >= 15 is 0 Å². The molecule has 0 saturated carbocycles. The van der Waals surface area contributed by atoms with E-state index < -0.39 is 35.1 Å². The molecule has 2 aromatic carbocycles. The van der Waals surface area contributed by atoms with Crippen LogP contribution in [0.1, 0.15) is 30.9 Å². The SMILES string of the molecule is CC(NC(=O)C(CCCN=C(N)N[N+](=O)O)NC(=O)OCc1ccccc1)C(=O)OCc1ccccc1. The third kappa shape index (κ3) is 11.5. The van der Waals surface area contributed by atoms with Gasteiger partial charge in [0.05, 0.1) is 0 Å². The molecule has 2 rings (SSSR count). The summed E-state index contributed by atoms with van der Waals surface area (Å²) in [7, 11) is 0. The van der Waals surface area contributed by atoms with Crippen LogP contribution in [0.4, 0.5) is 4.79 Å². The van der Waals surface area contributed by atoms with Gasteiger partial charge in [0, 0.05) is 6.54 Å². The van der Waals surface area contributed by atoms with Crippen molar-refractivity contribution in [2.45, 2.75) is 45.1 Å². The van der Waals surface area contributed by atoms with Crippen molar-refractivity contribution in [1.82, 2.24) is 16.1 Å². The van der Waals surface area contributed by atoms with E-state index in [0.29, 0.717) is 0 Å². The number of nitrogens with one attached hydrogen (secondary N) is 3. The van der Waals surface area contributed by atoms with Crippen LogP contribution in [0, 0.1) is 4.91 Å². The van der Waals surface area contributed by atoms with Crippen molar-refractivity contribution in [2.75, 3.05) is 6.54 Å². The Morgan fingerprint density at radius 3 is 2.11 bits per heavy atom. The van der Waals surface area contributed by atoms with Crippen LogP contribution in [0.3, 0.4) is 0 Å². The number of hydrazine groups is 1. The van der Waals surface area contributed by atoms with E-state index in [9.17, 15) is 19.3 Å². The van der Waals surface area contributed by atoms with E-state index in [1.165, 1.54) is 6.92 Å². The van der Waals surface area contributed by atoms with Gasteiger partial charge in [-0.2, -0.15) is 0 Å². The summed E-state index contributed by atoms with van der Waals surface area (Å²) in [6.07, 6.45) is -0.457. The molecule has 6 N–H and O–H groups in total. The van der Waals surface area contributed by atoms with Crippen LogP contribution in [0.15, 0.2) is 65.7 Å². The fraction of sp³-hybridized carbons (Fsp3) is 0.333. The zero-order valence-electron chi connectivity index (χ0n) is 20.3. The van der Waals surface area contributed by atoms with E-state index in [-0.39, 0.29) is 38.6 Å². The predicted octanol–water partition coefficient (Wildman–Crippen LogP) is 1.30. The fourth-order valence-electron chi connectivity index (χ4n) is 3.03. The van der Waals surface area contributed by atoms with Crippen LogP contribution in [-0.4, -0.2) is 52.8 Å². The summed E-state index contributed by atoms with van der Waals surface area (Å²) in [5.41, 5.74) is 8.80. The first-order valence-corrected chi connectivity index (χ1v) is 11.5. The Bertz CT molecular complexity index is 1070. The quantitative estimate of drug-likeness (QED) is 0.0862. The Labute approximate surface area is 213 Å². The molecule has 0 radical (unpaired) electrons. The number of guanidine groups is 1. The molecule has 2 atom stereocenters. The molecule has 0 aliphatic rings. The van der Waals surface area contributed by atoms with Crippen molar-refractivity contribution in [1.29, 1.82) is 0 Å². The van der Waals surface area contributed by atoms with Crippen molar-refractivity contribution in [3.8, 4) is 0 Å². The summed E-state index contributed by atoms with van der Waals surface area (Å²) in [4.78, 5) is 51.9. The number of hydrogen-bond acceptors (Lipinski definition) is 7. The smallest absolute Gasteiger partial charge is 0.408 e. The summed E-state index contributed by atoms with van der Waals surface area (Å²) < 4.78 is 10.4. The average Bonchev–Trinajstić information content (AvgIpc) is 2.88. The average molecular weight is 516 g/mol. The zero-order chi connectivity index (χ0) is 27.0. The second-order valence-electron chi connectivity index (χ2n) is 7.88. The Hall–Kier alpha value is -4.68. The lowest BCUT2D eigenvalue weighted by Crippen LogP contribution is -2.51. The molecular weight excluding hydrogens is 484 g/mol. The van der Waals surface area contributed by atoms with E-state index in [1.54, 1.807) is 36.4 Å². The summed E-state index contributed by atoms with van der Waals surface area (Å²) >= 11 is 0. The number of carbonyl (C=O) groups is 3. The van der Waals surface area contributed by atoms with Crippen molar-refractivity contribution >= 4 is 23.9 Å². The van der Waals surface area contributed by atoms with Gasteiger partial charge in [-0.3, -0.25) is 4.79 Å². The number of benzene rings is 2. The highest BCUT2D eigenvalue weighted by Crippen LogP contribution is 2.05. The molecule has 13 heteroatoms. The van der Waals surface area contributed by atoms with Crippen LogP contribution in [0.5, 0.6) is 0 Å². The number of esters is 1. The number of rotatable bonds is 13. The van der Waals surface area contributed by atoms with Gasteiger partial charge in [-0.25, -0.2) is 19.8 Å². The van der Waals surface area contributed by atoms with E-state index in [0.717, 1.165) is 11.1 Å². The van der Waals surface area contributed by atoms with Crippen molar-refractivity contribution in [3.63, 3.8) is 0 Å². The molecule has 0 saturated heterocycles. The number of alkyl carbamates (subject to hydrolysis) is 1. The van der Waals surface area contributed by atoms with Crippen molar-refractivity contribution < 1.29 is 34.1 Å². The minimum Gasteiger partial charge on any atom is -0.459 e. The van der Waals surface area contributed by atoms with Gasteiger partial charge in [0.1, 0.15) is 30.2 Å². The largest absolute Gasteiger partial charge is 0.459 e. The van der Waals surface area contributed by atoms with Gasteiger partial charge in [0.15, 0.2) is 0 Å². The molecule has 0 aliphatic carbocycles. The van der Waals surface area contributed by atoms with Crippen LogP contribution >= 0.6 is 0 Å². The van der Waals surface area contributed by atoms with Crippen LogP contribution < -0.4 is 21.8 Å². The van der Waals surface area contributed by atoms with Crippen LogP contribution in [0.2, 0.25) is 0 Å². The summed E-state index contributed by atoms with van der Waals surface area (Å²) in [5.74, 6) is -1.60. The molecule has 13 nitrogen and oxygen atoms in total. The maximum atomic E-state index is 12.9. The molecule has 0 aliphatic heterocycles. The topological polar surface area (TPSA) is 184 Å². The monoisotopic (exact) mass is 515 g/mol. The van der Waals surface area contributed by atoms with E-state index in [1.807, 2.05) is 29.7 Å². The highest BCUT2D eigenvalue weighted by atomic mass is 16.7. The lowest BCUT2D eigenvalue weighted by atomic mass is 10.1. The molecular formula is C24H31N6O7+. The Morgan fingerprint density at radius 2 is 1.54 bits per heavy atom. The molecule has 2 aromatic rings.